The van der Waals surface area contributed by atoms with Crippen molar-refractivity contribution in [2.24, 2.45) is 0 Å². The maximum Gasteiger partial charge on any atom is 0.236 e. The summed E-state index contributed by atoms with van der Waals surface area (Å²) in [5.74, 6) is -0.495. The lowest BCUT2D eigenvalue weighted by Gasteiger charge is -2.23. The fourth-order valence-electron chi connectivity index (χ4n) is 1.48. The summed E-state index contributed by atoms with van der Waals surface area (Å²) in [7, 11) is 1.63. The van der Waals surface area contributed by atoms with E-state index in [1.54, 1.807) is 19.2 Å². The molecule has 0 aliphatic carbocycles. The van der Waals surface area contributed by atoms with Crippen molar-refractivity contribution in [3.63, 3.8) is 0 Å². The zero-order chi connectivity index (χ0) is 14.6. The number of nitrogens with one attached hydrogen (secondary N) is 1. The topological polar surface area (TPSA) is 32.3 Å². The molecular weight excluding hydrogens is 267 g/mol. The van der Waals surface area contributed by atoms with Crippen molar-refractivity contribution in [3.8, 4) is 0 Å². The highest BCUT2D eigenvalue weighted by molar-refractivity contribution is 6.31. The van der Waals surface area contributed by atoms with Crippen LogP contribution >= 0.6 is 11.6 Å². The fourth-order valence-corrected chi connectivity index (χ4v) is 1.71. The van der Waals surface area contributed by atoms with Gasteiger partial charge in [-0.15, -0.1) is 0 Å². The SMILES string of the molecule is CN(Cc1c(F)cccc1Cl)C(=O)CNC(C)(C)C. The lowest BCUT2D eigenvalue weighted by atomic mass is 10.1. The number of amides is 1. The maximum absolute atomic E-state index is 13.6. The molecule has 1 aromatic carbocycles. The van der Waals surface area contributed by atoms with E-state index in [0.29, 0.717) is 10.6 Å². The minimum absolute atomic E-state index is 0.103. The normalized spacial score (nSPS) is 11.5. The zero-order valence-electron chi connectivity index (χ0n) is 11.8. The Hall–Kier alpha value is -1.13. The van der Waals surface area contributed by atoms with Crippen molar-refractivity contribution in [1.29, 1.82) is 0 Å². The number of carbonyl (C=O) groups excluding carboxylic acids is 1. The molecule has 0 aliphatic rings. The number of benzene rings is 1. The van der Waals surface area contributed by atoms with Gasteiger partial charge >= 0.3 is 0 Å². The van der Waals surface area contributed by atoms with Crippen LogP contribution in [0, 0.1) is 5.82 Å². The molecule has 106 valence electrons. The van der Waals surface area contributed by atoms with Crippen molar-refractivity contribution >= 4 is 17.5 Å². The average molecular weight is 287 g/mol. The molecule has 0 atom stereocenters. The molecule has 0 spiro atoms. The van der Waals surface area contributed by atoms with Crippen LogP contribution in [0.1, 0.15) is 26.3 Å². The van der Waals surface area contributed by atoms with E-state index < -0.39 is 5.82 Å². The van der Waals surface area contributed by atoms with Crippen LogP contribution in [-0.2, 0) is 11.3 Å². The Kier molecular flexibility index (Phi) is 5.32. The van der Waals surface area contributed by atoms with E-state index in [1.165, 1.54) is 11.0 Å². The minimum Gasteiger partial charge on any atom is -0.340 e. The standard InChI is InChI=1S/C14H20ClFN2O/c1-14(2,3)17-8-13(19)18(4)9-10-11(15)6-5-7-12(10)16/h5-7,17H,8-9H2,1-4H3. The van der Waals surface area contributed by atoms with Crippen molar-refractivity contribution in [3.05, 3.63) is 34.6 Å². The molecule has 5 heteroatoms. The van der Waals surface area contributed by atoms with Gasteiger partial charge in [-0.3, -0.25) is 4.79 Å². The van der Waals surface area contributed by atoms with Gasteiger partial charge in [0.15, 0.2) is 0 Å². The highest BCUT2D eigenvalue weighted by atomic mass is 35.5. The fraction of sp³-hybridized carbons (Fsp3) is 0.500. The molecule has 0 heterocycles. The van der Waals surface area contributed by atoms with Crippen LogP contribution < -0.4 is 5.32 Å². The summed E-state index contributed by atoms with van der Waals surface area (Å²) < 4.78 is 13.6. The van der Waals surface area contributed by atoms with Crippen LogP contribution in [-0.4, -0.2) is 29.9 Å². The van der Waals surface area contributed by atoms with Crippen LogP contribution in [0.4, 0.5) is 4.39 Å². The first kappa shape index (κ1) is 15.9. The molecule has 0 aromatic heterocycles. The summed E-state index contributed by atoms with van der Waals surface area (Å²) in [6.07, 6.45) is 0. The summed E-state index contributed by atoms with van der Waals surface area (Å²) >= 11 is 5.93. The van der Waals surface area contributed by atoms with E-state index >= 15 is 0 Å². The Balaban J connectivity index is 2.64. The number of carbonyl (C=O) groups is 1. The third-order valence-electron chi connectivity index (χ3n) is 2.65. The maximum atomic E-state index is 13.6. The Morgan fingerprint density at radius 3 is 2.58 bits per heavy atom. The lowest BCUT2D eigenvalue weighted by molar-refractivity contribution is -0.129. The van der Waals surface area contributed by atoms with E-state index in [0.717, 1.165) is 0 Å². The van der Waals surface area contributed by atoms with Crippen LogP contribution in [0.25, 0.3) is 0 Å². The van der Waals surface area contributed by atoms with E-state index in [9.17, 15) is 9.18 Å². The third-order valence-corrected chi connectivity index (χ3v) is 3.01. The molecule has 3 nitrogen and oxygen atoms in total. The Morgan fingerprint density at radius 1 is 1.42 bits per heavy atom. The Morgan fingerprint density at radius 2 is 2.05 bits per heavy atom. The van der Waals surface area contributed by atoms with Crippen LogP contribution in [0.2, 0.25) is 5.02 Å². The first-order chi connectivity index (χ1) is 8.70. The van der Waals surface area contributed by atoms with Gasteiger partial charge in [-0.2, -0.15) is 0 Å². The van der Waals surface area contributed by atoms with Gasteiger partial charge in [-0.25, -0.2) is 4.39 Å². The lowest BCUT2D eigenvalue weighted by Crippen LogP contribution is -2.43. The second-order valence-corrected chi connectivity index (χ2v) is 5.96. The minimum atomic E-state index is -0.393. The second kappa shape index (κ2) is 6.35. The largest absolute Gasteiger partial charge is 0.340 e. The quantitative estimate of drug-likeness (QED) is 0.923. The number of nitrogens with zero attached hydrogens (tertiary/aromatic N) is 1. The summed E-state index contributed by atoms with van der Waals surface area (Å²) in [5.41, 5.74) is 0.211. The average Bonchev–Trinajstić information content (AvgIpc) is 2.29. The van der Waals surface area contributed by atoms with Gasteiger partial charge < -0.3 is 10.2 Å². The Labute approximate surface area is 118 Å². The van der Waals surface area contributed by atoms with Crippen LogP contribution in [0.5, 0.6) is 0 Å². The van der Waals surface area contributed by atoms with E-state index in [1.807, 2.05) is 20.8 Å². The predicted molar refractivity (Wildman–Crippen MR) is 75.6 cm³/mol. The van der Waals surface area contributed by atoms with Crippen LogP contribution in [0.15, 0.2) is 18.2 Å². The molecule has 0 bridgehead atoms. The molecule has 0 unspecified atom stereocenters. The predicted octanol–water partition coefficient (Wildman–Crippen LogP) is 2.83. The molecule has 1 aromatic rings. The zero-order valence-corrected chi connectivity index (χ0v) is 12.5. The highest BCUT2D eigenvalue weighted by Crippen LogP contribution is 2.20. The third kappa shape index (κ3) is 5.17. The molecule has 0 saturated carbocycles. The van der Waals surface area contributed by atoms with E-state index in [2.05, 4.69) is 5.32 Å². The van der Waals surface area contributed by atoms with E-state index in [4.69, 9.17) is 11.6 Å². The number of hydrogen-bond donors (Lipinski definition) is 1. The van der Waals surface area contributed by atoms with Gasteiger partial charge in [-0.05, 0) is 32.9 Å². The second-order valence-electron chi connectivity index (χ2n) is 5.55. The van der Waals surface area contributed by atoms with Gasteiger partial charge in [0.05, 0.1) is 6.54 Å². The van der Waals surface area contributed by atoms with Crippen molar-refractivity contribution in [1.82, 2.24) is 10.2 Å². The summed E-state index contributed by atoms with van der Waals surface area (Å²) in [6, 6.07) is 4.50. The van der Waals surface area contributed by atoms with Crippen molar-refractivity contribution in [2.75, 3.05) is 13.6 Å². The molecule has 1 N–H and O–H groups in total. The monoisotopic (exact) mass is 286 g/mol. The molecule has 0 fully saturated rings. The first-order valence-electron chi connectivity index (χ1n) is 6.12. The molecule has 0 aliphatic heterocycles. The molecular formula is C14H20ClFN2O. The summed E-state index contributed by atoms with van der Waals surface area (Å²) in [5, 5.41) is 3.44. The molecule has 0 radical (unpaired) electrons. The van der Waals surface area contributed by atoms with Gasteiger partial charge in [0.25, 0.3) is 0 Å². The van der Waals surface area contributed by atoms with Crippen molar-refractivity contribution in [2.45, 2.75) is 32.9 Å². The van der Waals surface area contributed by atoms with Gasteiger partial charge in [0.1, 0.15) is 5.82 Å². The summed E-state index contributed by atoms with van der Waals surface area (Å²) in [4.78, 5) is 13.4. The molecule has 1 rings (SSSR count). The van der Waals surface area contributed by atoms with Crippen LogP contribution in [0.3, 0.4) is 0 Å². The Bertz CT molecular complexity index is 437. The first-order valence-corrected chi connectivity index (χ1v) is 6.50. The summed E-state index contributed by atoms with van der Waals surface area (Å²) in [6.45, 7) is 6.32. The number of halogens is 2. The molecule has 1 amide bonds. The van der Waals surface area contributed by atoms with E-state index in [-0.39, 0.29) is 24.5 Å². The molecule has 19 heavy (non-hydrogen) atoms. The number of likely N-dealkylation sites (N-methyl/N-ethyl adjacent to an activating group) is 1. The highest BCUT2D eigenvalue weighted by Gasteiger charge is 2.16. The molecule has 0 saturated heterocycles. The van der Waals surface area contributed by atoms with Gasteiger partial charge in [0.2, 0.25) is 5.91 Å². The van der Waals surface area contributed by atoms with Gasteiger partial charge in [0, 0.05) is 29.7 Å². The number of hydrogen-bond acceptors (Lipinski definition) is 2. The van der Waals surface area contributed by atoms with Crippen molar-refractivity contribution < 1.29 is 9.18 Å². The smallest absolute Gasteiger partial charge is 0.236 e. The van der Waals surface area contributed by atoms with Gasteiger partial charge in [-0.1, -0.05) is 17.7 Å². The number of rotatable bonds is 4.